The number of ether oxygens (including phenoxy) is 1. The molecule has 0 radical (unpaired) electrons. The van der Waals surface area contributed by atoms with Gasteiger partial charge in [0.1, 0.15) is 6.10 Å². The third-order valence-electron chi connectivity index (χ3n) is 3.45. The van der Waals surface area contributed by atoms with Crippen LogP contribution in [0.25, 0.3) is 0 Å². The van der Waals surface area contributed by atoms with E-state index in [1.54, 1.807) is 48.5 Å². The number of aromatic nitrogens is 2. The Bertz CT molecular complexity index is 674. The lowest BCUT2D eigenvalue weighted by Gasteiger charge is -2.29. The SMILES string of the molecule is CC(CN(C(=O)c1cccnc1)C(C)C)OC(=O)c1cccnc1. The van der Waals surface area contributed by atoms with Crippen LogP contribution in [-0.2, 0) is 4.74 Å². The van der Waals surface area contributed by atoms with Crippen molar-refractivity contribution < 1.29 is 14.3 Å². The third-order valence-corrected chi connectivity index (χ3v) is 3.45. The second-order valence-corrected chi connectivity index (χ2v) is 5.75. The topological polar surface area (TPSA) is 72.4 Å². The molecule has 2 heterocycles. The second kappa shape index (κ2) is 8.19. The van der Waals surface area contributed by atoms with E-state index in [9.17, 15) is 9.59 Å². The highest BCUT2D eigenvalue weighted by Crippen LogP contribution is 2.11. The molecule has 1 unspecified atom stereocenters. The molecule has 0 bridgehead atoms. The van der Waals surface area contributed by atoms with Crippen molar-refractivity contribution in [3.63, 3.8) is 0 Å². The molecule has 1 amide bonds. The maximum atomic E-state index is 12.6. The van der Waals surface area contributed by atoms with Crippen molar-refractivity contribution in [2.75, 3.05) is 6.54 Å². The number of amides is 1. The zero-order chi connectivity index (χ0) is 17.5. The minimum Gasteiger partial charge on any atom is -0.457 e. The first-order valence-corrected chi connectivity index (χ1v) is 7.81. The van der Waals surface area contributed by atoms with E-state index >= 15 is 0 Å². The predicted octanol–water partition coefficient (Wildman–Crippen LogP) is 2.57. The van der Waals surface area contributed by atoms with Crippen LogP contribution >= 0.6 is 0 Å². The van der Waals surface area contributed by atoms with E-state index in [0.717, 1.165) is 0 Å². The highest BCUT2D eigenvalue weighted by Gasteiger charge is 2.23. The molecule has 2 aromatic rings. The Morgan fingerprint density at radius 1 is 1.04 bits per heavy atom. The van der Waals surface area contributed by atoms with Crippen molar-refractivity contribution in [3.8, 4) is 0 Å². The van der Waals surface area contributed by atoms with Crippen molar-refractivity contribution in [3.05, 3.63) is 60.2 Å². The smallest absolute Gasteiger partial charge is 0.340 e. The highest BCUT2D eigenvalue weighted by molar-refractivity contribution is 5.94. The molecule has 2 rings (SSSR count). The van der Waals surface area contributed by atoms with Gasteiger partial charge in [0.15, 0.2) is 0 Å². The van der Waals surface area contributed by atoms with E-state index in [4.69, 9.17) is 4.74 Å². The van der Waals surface area contributed by atoms with E-state index < -0.39 is 12.1 Å². The first-order chi connectivity index (χ1) is 11.5. The Labute approximate surface area is 141 Å². The Hall–Kier alpha value is -2.76. The normalized spacial score (nSPS) is 11.8. The number of esters is 1. The number of pyridine rings is 2. The fourth-order valence-electron chi connectivity index (χ4n) is 2.23. The van der Waals surface area contributed by atoms with Crippen LogP contribution < -0.4 is 0 Å². The molecule has 0 saturated carbocycles. The molecule has 0 N–H and O–H groups in total. The van der Waals surface area contributed by atoms with Gasteiger partial charge in [0, 0.05) is 30.8 Å². The fraction of sp³-hybridized carbons (Fsp3) is 0.333. The molecule has 2 aromatic heterocycles. The van der Waals surface area contributed by atoms with Gasteiger partial charge in [-0.3, -0.25) is 14.8 Å². The van der Waals surface area contributed by atoms with Crippen molar-refractivity contribution in [1.82, 2.24) is 14.9 Å². The van der Waals surface area contributed by atoms with Crippen LogP contribution in [0.1, 0.15) is 41.5 Å². The summed E-state index contributed by atoms with van der Waals surface area (Å²) < 4.78 is 5.41. The molecule has 0 spiro atoms. The highest BCUT2D eigenvalue weighted by atomic mass is 16.5. The third kappa shape index (κ3) is 4.62. The van der Waals surface area contributed by atoms with Gasteiger partial charge in [0.25, 0.3) is 5.91 Å². The Morgan fingerprint density at radius 3 is 2.12 bits per heavy atom. The van der Waals surface area contributed by atoms with Crippen LogP contribution in [0.4, 0.5) is 0 Å². The van der Waals surface area contributed by atoms with E-state index in [0.29, 0.717) is 17.7 Å². The van der Waals surface area contributed by atoms with Crippen molar-refractivity contribution in [2.24, 2.45) is 0 Å². The molecule has 0 aromatic carbocycles. The zero-order valence-electron chi connectivity index (χ0n) is 14.0. The quantitative estimate of drug-likeness (QED) is 0.763. The summed E-state index contributed by atoms with van der Waals surface area (Å²) in [6, 6.07) is 6.72. The van der Waals surface area contributed by atoms with E-state index in [2.05, 4.69) is 9.97 Å². The van der Waals surface area contributed by atoms with Gasteiger partial charge in [0.2, 0.25) is 0 Å². The van der Waals surface area contributed by atoms with Crippen LogP contribution in [0.2, 0.25) is 0 Å². The number of carbonyl (C=O) groups is 2. The molecule has 126 valence electrons. The van der Waals surface area contributed by atoms with Gasteiger partial charge in [-0.05, 0) is 45.0 Å². The summed E-state index contributed by atoms with van der Waals surface area (Å²) in [5, 5.41) is 0. The van der Waals surface area contributed by atoms with E-state index in [1.165, 1.54) is 12.4 Å². The number of rotatable bonds is 6. The van der Waals surface area contributed by atoms with E-state index in [-0.39, 0.29) is 11.9 Å². The Kier molecular flexibility index (Phi) is 6.01. The summed E-state index contributed by atoms with van der Waals surface area (Å²) in [6.07, 6.45) is 5.75. The maximum absolute atomic E-state index is 12.6. The average molecular weight is 327 g/mol. The van der Waals surface area contributed by atoms with Gasteiger partial charge >= 0.3 is 5.97 Å². The number of nitrogens with zero attached hydrogens (tertiary/aromatic N) is 3. The second-order valence-electron chi connectivity index (χ2n) is 5.75. The monoisotopic (exact) mass is 327 g/mol. The van der Waals surface area contributed by atoms with Gasteiger partial charge < -0.3 is 9.64 Å². The van der Waals surface area contributed by atoms with Crippen LogP contribution in [0.3, 0.4) is 0 Å². The number of hydrogen-bond acceptors (Lipinski definition) is 5. The summed E-state index contributed by atoms with van der Waals surface area (Å²) in [4.78, 5) is 34.2. The average Bonchev–Trinajstić information content (AvgIpc) is 2.60. The summed E-state index contributed by atoms with van der Waals surface area (Å²) >= 11 is 0. The molecule has 6 heteroatoms. The minimum absolute atomic E-state index is 0.0303. The first-order valence-electron chi connectivity index (χ1n) is 7.81. The van der Waals surface area contributed by atoms with Crippen molar-refractivity contribution in [1.29, 1.82) is 0 Å². The maximum Gasteiger partial charge on any atom is 0.340 e. The van der Waals surface area contributed by atoms with Crippen molar-refractivity contribution in [2.45, 2.75) is 32.9 Å². The van der Waals surface area contributed by atoms with Crippen LogP contribution in [0, 0.1) is 0 Å². The Morgan fingerprint density at radius 2 is 1.62 bits per heavy atom. The van der Waals surface area contributed by atoms with Gasteiger partial charge in [-0.25, -0.2) is 4.79 Å². The lowest BCUT2D eigenvalue weighted by molar-refractivity contribution is 0.0208. The standard InChI is InChI=1S/C18H21N3O3/c1-13(2)21(17(22)15-6-4-8-19-10-15)12-14(3)24-18(23)16-7-5-9-20-11-16/h4-11,13-14H,12H2,1-3H3. The molecule has 24 heavy (non-hydrogen) atoms. The van der Waals surface area contributed by atoms with Gasteiger partial charge in [0.05, 0.1) is 17.7 Å². The lowest BCUT2D eigenvalue weighted by Crippen LogP contribution is -2.42. The minimum atomic E-state index is -0.451. The van der Waals surface area contributed by atoms with Gasteiger partial charge in [-0.2, -0.15) is 0 Å². The Balaban J connectivity index is 2.02. The largest absolute Gasteiger partial charge is 0.457 e. The first kappa shape index (κ1) is 17.6. The summed E-state index contributed by atoms with van der Waals surface area (Å²) in [7, 11) is 0. The van der Waals surface area contributed by atoms with Crippen molar-refractivity contribution >= 4 is 11.9 Å². The molecule has 6 nitrogen and oxygen atoms in total. The number of hydrogen-bond donors (Lipinski definition) is 0. The number of carbonyl (C=O) groups excluding carboxylic acids is 2. The molecule has 0 saturated heterocycles. The lowest BCUT2D eigenvalue weighted by atomic mass is 10.2. The fourth-order valence-corrected chi connectivity index (χ4v) is 2.23. The predicted molar refractivity (Wildman–Crippen MR) is 89.5 cm³/mol. The molecule has 0 aliphatic heterocycles. The molecular formula is C18H21N3O3. The molecule has 0 aliphatic carbocycles. The molecule has 0 fully saturated rings. The molecule has 0 aliphatic rings. The molecular weight excluding hydrogens is 306 g/mol. The van der Waals surface area contributed by atoms with Crippen LogP contribution in [-0.4, -0.2) is 45.4 Å². The summed E-state index contributed by atoms with van der Waals surface area (Å²) in [5.41, 5.74) is 0.899. The van der Waals surface area contributed by atoms with Crippen LogP contribution in [0.15, 0.2) is 49.1 Å². The molecule has 1 atom stereocenters. The van der Waals surface area contributed by atoms with Crippen LogP contribution in [0.5, 0.6) is 0 Å². The summed E-state index contributed by atoms with van der Waals surface area (Å²) in [6.45, 7) is 5.91. The summed E-state index contributed by atoms with van der Waals surface area (Å²) in [5.74, 6) is -0.587. The van der Waals surface area contributed by atoms with E-state index in [1.807, 2.05) is 13.8 Å². The van der Waals surface area contributed by atoms with Gasteiger partial charge in [-0.15, -0.1) is 0 Å². The van der Waals surface area contributed by atoms with Gasteiger partial charge in [-0.1, -0.05) is 0 Å². The zero-order valence-corrected chi connectivity index (χ0v) is 14.0.